The summed E-state index contributed by atoms with van der Waals surface area (Å²) >= 11 is 12.3. The summed E-state index contributed by atoms with van der Waals surface area (Å²) in [4.78, 5) is 34.5. The highest BCUT2D eigenvalue weighted by Gasteiger charge is 2.24. The van der Waals surface area contributed by atoms with Crippen molar-refractivity contribution >= 4 is 46.0 Å². The molecule has 1 aliphatic heterocycles. The zero-order valence-electron chi connectivity index (χ0n) is 16.1. The third kappa shape index (κ3) is 4.43. The van der Waals surface area contributed by atoms with E-state index in [1.165, 1.54) is 6.07 Å². The van der Waals surface area contributed by atoms with Crippen LogP contribution >= 0.6 is 23.2 Å². The van der Waals surface area contributed by atoms with Crippen LogP contribution in [0.15, 0.2) is 36.4 Å². The molecule has 0 radical (unpaired) electrons. The minimum atomic E-state index is -0.311. The average molecular weight is 446 g/mol. The fourth-order valence-corrected chi connectivity index (χ4v) is 4.00. The van der Waals surface area contributed by atoms with Gasteiger partial charge in [0.15, 0.2) is 0 Å². The molecule has 2 amide bonds. The SMILES string of the molecule is NC1CCCN(C(=O)c2ccc(C(=O)NCc3nc4cc(Cl)ccc4[nH]3)cc2Cl)C1. The van der Waals surface area contributed by atoms with Crippen molar-refractivity contribution in [2.45, 2.75) is 25.4 Å². The van der Waals surface area contributed by atoms with Gasteiger partial charge in [-0.25, -0.2) is 4.98 Å². The second-order valence-corrected chi connectivity index (χ2v) is 8.22. The van der Waals surface area contributed by atoms with Gasteiger partial charge in [0.2, 0.25) is 0 Å². The number of likely N-dealkylation sites (tertiary alicyclic amines) is 1. The molecule has 0 saturated carbocycles. The maximum Gasteiger partial charge on any atom is 0.255 e. The predicted molar refractivity (Wildman–Crippen MR) is 117 cm³/mol. The number of carbonyl (C=O) groups excluding carboxylic acids is 2. The molecule has 0 spiro atoms. The maximum atomic E-state index is 12.7. The first kappa shape index (κ1) is 20.7. The quantitative estimate of drug-likeness (QED) is 0.572. The molecule has 1 aliphatic rings. The Hall–Kier alpha value is -2.61. The van der Waals surface area contributed by atoms with Crippen molar-refractivity contribution in [1.82, 2.24) is 20.2 Å². The number of amides is 2. The molecular weight excluding hydrogens is 425 g/mol. The Kier molecular flexibility index (Phi) is 5.94. The largest absolute Gasteiger partial charge is 0.345 e. The van der Waals surface area contributed by atoms with Crippen molar-refractivity contribution in [3.63, 3.8) is 0 Å². The van der Waals surface area contributed by atoms with Gasteiger partial charge in [0.05, 0.1) is 28.2 Å². The summed E-state index contributed by atoms with van der Waals surface area (Å²) in [6, 6.07) is 10.0. The Morgan fingerprint density at radius 1 is 1.23 bits per heavy atom. The summed E-state index contributed by atoms with van der Waals surface area (Å²) < 4.78 is 0. The molecular formula is C21H21Cl2N5O2. The van der Waals surface area contributed by atoms with Crippen molar-refractivity contribution in [2.75, 3.05) is 13.1 Å². The molecule has 4 N–H and O–H groups in total. The van der Waals surface area contributed by atoms with Crippen molar-refractivity contribution in [1.29, 1.82) is 0 Å². The van der Waals surface area contributed by atoms with E-state index >= 15 is 0 Å². The highest BCUT2D eigenvalue weighted by molar-refractivity contribution is 6.34. The monoisotopic (exact) mass is 445 g/mol. The van der Waals surface area contributed by atoms with Crippen LogP contribution in [0.4, 0.5) is 0 Å². The van der Waals surface area contributed by atoms with Crippen LogP contribution in [-0.4, -0.2) is 45.8 Å². The van der Waals surface area contributed by atoms with E-state index in [2.05, 4.69) is 15.3 Å². The number of imidazole rings is 1. The van der Waals surface area contributed by atoms with E-state index in [1.54, 1.807) is 29.2 Å². The number of H-pyrrole nitrogens is 1. The van der Waals surface area contributed by atoms with Crippen LogP contribution in [0.3, 0.4) is 0 Å². The minimum Gasteiger partial charge on any atom is -0.345 e. The number of benzene rings is 2. The number of nitrogens with zero attached hydrogens (tertiary/aromatic N) is 2. The van der Waals surface area contributed by atoms with E-state index < -0.39 is 0 Å². The molecule has 0 bridgehead atoms. The van der Waals surface area contributed by atoms with Gasteiger partial charge in [0.1, 0.15) is 5.82 Å². The first-order chi connectivity index (χ1) is 14.4. The van der Waals surface area contributed by atoms with Crippen molar-refractivity contribution in [2.24, 2.45) is 5.73 Å². The molecule has 1 unspecified atom stereocenters. The first-order valence-electron chi connectivity index (χ1n) is 9.67. The van der Waals surface area contributed by atoms with Crippen molar-refractivity contribution in [3.8, 4) is 0 Å². The van der Waals surface area contributed by atoms with Gasteiger partial charge in [-0.1, -0.05) is 23.2 Å². The van der Waals surface area contributed by atoms with Crippen LogP contribution < -0.4 is 11.1 Å². The Morgan fingerprint density at radius 3 is 2.83 bits per heavy atom. The topological polar surface area (TPSA) is 104 Å². The summed E-state index contributed by atoms with van der Waals surface area (Å²) in [6.45, 7) is 1.39. The third-order valence-electron chi connectivity index (χ3n) is 5.12. The van der Waals surface area contributed by atoms with Gasteiger partial charge in [-0.2, -0.15) is 0 Å². The van der Waals surface area contributed by atoms with Gasteiger partial charge in [-0.05, 0) is 49.2 Å². The lowest BCUT2D eigenvalue weighted by Crippen LogP contribution is -2.45. The molecule has 2 heterocycles. The number of fused-ring (bicyclic) bond motifs is 1. The molecule has 3 aromatic rings. The van der Waals surface area contributed by atoms with Crippen molar-refractivity contribution < 1.29 is 9.59 Å². The molecule has 4 rings (SSSR count). The fraction of sp³-hybridized carbons (Fsp3) is 0.286. The van der Waals surface area contributed by atoms with Crippen LogP contribution in [0, 0.1) is 0 Å². The first-order valence-corrected chi connectivity index (χ1v) is 10.4. The minimum absolute atomic E-state index is 0.0131. The van der Waals surface area contributed by atoms with Gasteiger partial charge >= 0.3 is 0 Å². The molecule has 1 saturated heterocycles. The second-order valence-electron chi connectivity index (χ2n) is 7.38. The van der Waals surface area contributed by atoms with Crippen LogP contribution in [0.5, 0.6) is 0 Å². The highest BCUT2D eigenvalue weighted by Crippen LogP contribution is 2.22. The molecule has 1 fully saturated rings. The average Bonchev–Trinajstić information content (AvgIpc) is 3.13. The van der Waals surface area contributed by atoms with Gasteiger partial charge < -0.3 is 20.9 Å². The Bertz CT molecular complexity index is 1110. The number of hydrogen-bond acceptors (Lipinski definition) is 4. The number of nitrogens with two attached hydrogens (primary N) is 1. The number of piperidine rings is 1. The third-order valence-corrected chi connectivity index (χ3v) is 5.67. The zero-order valence-corrected chi connectivity index (χ0v) is 17.6. The summed E-state index contributed by atoms with van der Waals surface area (Å²) in [5, 5.41) is 3.64. The Balaban J connectivity index is 1.42. The van der Waals surface area contributed by atoms with Crippen LogP contribution in [-0.2, 0) is 6.54 Å². The second kappa shape index (κ2) is 8.63. The number of carbonyl (C=O) groups is 2. The van der Waals surface area contributed by atoms with Crippen LogP contribution in [0.25, 0.3) is 11.0 Å². The number of rotatable bonds is 4. The van der Waals surface area contributed by atoms with Crippen molar-refractivity contribution in [3.05, 3.63) is 63.4 Å². The normalized spacial score (nSPS) is 16.6. The lowest BCUT2D eigenvalue weighted by atomic mass is 10.0. The summed E-state index contributed by atoms with van der Waals surface area (Å²) in [7, 11) is 0. The van der Waals surface area contributed by atoms with Crippen LogP contribution in [0.1, 0.15) is 39.4 Å². The molecule has 0 aliphatic carbocycles. The zero-order chi connectivity index (χ0) is 21.3. The maximum absolute atomic E-state index is 12.7. The number of aromatic nitrogens is 2. The van der Waals surface area contributed by atoms with Gasteiger partial charge in [0.25, 0.3) is 11.8 Å². The molecule has 156 valence electrons. The molecule has 1 aromatic heterocycles. The van der Waals surface area contributed by atoms with Gasteiger partial charge in [-0.3, -0.25) is 9.59 Å². The lowest BCUT2D eigenvalue weighted by molar-refractivity contribution is 0.0708. The van der Waals surface area contributed by atoms with Crippen LogP contribution in [0.2, 0.25) is 10.0 Å². The summed E-state index contributed by atoms with van der Waals surface area (Å²) in [5.74, 6) is 0.136. The lowest BCUT2D eigenvalue weighted by Gasteiger charge is -2.31. The summed E-state index contributed by atoms with van der Waals surface area (Å²) in [6.07, 6.45) is 1.79. The molecule has 7 nitrogen and oxygen atoms in total. The molecule has 1 atom stereocenters. The molecule has 2 aromatic carbocycles. The van der Waals surface area contributed by atoms with E-state index in [0.717, 1.165) is 23.9 Å². The number of hydrogen-bond donors (Lipinski definition) is 3. The van der Waals surface area contributed by atoms with E-state index in [4.69, 9.17) is 28.9 Å². The highest BCUT2D eigenvalue weighted by atomic mass is 35.5. The van der Waals surface area contributed by atoms with E-state index in [1.807, 2.05) is 6.07 Å². The number of halogens is 2. The van der Waals surface area contributed by atoms with E-state index in [9.17, 15) is 9.59 Å². The van der Waals surface area contributed by atoms with E-state index in [0.29, 0.717) is 35.1 Å². The number of aromatic amines is 1. The molecule has 9 heteroatoms. The fourth-order valence-electron chi connectivity index (χ4n) is 3.58. The van der Waals surface area contributed by atoms with E-state index in [-0.39, 0.29) is 29.4 Å². The van der Waals surface area contributed by atoms with Gasteiger partial charge in [0, 0.05) is 29.7 Å². The van der Waals surface area contributed by atoms with Gasteiger partial charge in [-0.15, -0.1) is 0 Å². The Morgan fingerprint density at radius 2 is 2.07 bits per heavy atom. The number of nitrogens with one attached hydrogen (secondary N) is 2. The molecule has 30 heavy (non-hydrogen) atoms. The summed E-state index contributed by atoms with van der Waals surface area (Å²) in [5.41, 5.74) is 8.27. The standard InChI is InChI=1S/C21H21Cl2N5O2/c22-13-4-6-17-18(9-13)27-19(26-17)10-25-20(29)12-3-5-15(16(23)8-12)21(30)28-7-1-2-14(24)11-28/h3-6,8-9,14H,1-2,7,10-11,24H2,(H,25,29)(H,26,27). The smallest absolute Gasteiger partial charge is 0.255 e. The predicted octanol–water partition coefficient (Wildman–Crippen LogP) is 3.36. The Labute approximate surface area is 183 Å².